The van der Waals surface area contributed by atoms with Crippen molar-refractivity contribution in [3.05, 3.63) is 80.7 Å². The monoisotopic (exact) mass is 550 g/mol. The first-order chi connectivity index (χ1) is 19.2. The standard InChI is InChI=1S/C30H31FN2O7/c1-3-17(11-18-7-9-25(34)24(31)12-18)8-10-26-27-19(15-39-2)13-22-28(23(27)16-40-26)30(36)32(29(22)35)20-5-4-6-21(14-20)33(37)38/h4-7,9,11-12,14,22-23,26,28,34H,3,8,10,13,15-16H2,1-2H3/b17-11+/t22-,23+,26-,28-/m1/s1. The summed E-state index contributed by atoms with van der Waals surface area (Å²) in [4.78, 5) is 39.0. The minimum absolute atomic E-state index is 0.189. The zero-order valence-corrected chi connectivity index (χ0v) is 22.3. The highest BCUT2D eigenvalue weighted by atomic mass is 19.1. The van der Waals surface area contributed by atoms with Gasteiger partial charge in [-0.2, -0.15) is 0 Å². The molecule has 5 rings (SSSR count). The van der Waals surface area contributed by atoms with Gasteiger partial charge in [0.15, 0.2) is 11.6 Å². The topological polar surface area (TPSA) is 119 Å². The summed E-state index contributed by atoms with van der Waals surface area (Å²) in [6.45, 7) is 2.63. The van der Waals surface area contributed by atoms with Crippen LogP contribution in [0, 0.1) is 33.7 Å². The molecule has 0 radical (unpaired) electrons. The fraction of sp³-hybridized carbons (Fsp3) is 0.400. The Bertz CT molecular complexity index is 1420. The zero-order valence-electron chi connectivity index (χ0n) is 22.3. The fourth-order valence-corrected chi connectivity index (χ4v) is 6.30. The zero-order chi connectivity index (χ0) is 28.6. The maximum atomic E-state index is 13.8. The van der Waals surface area contributed by atoms with Crippen LogP contribution in [-0.4, -0.2) is 48.3 Å². The second kappa shape index (κ2) is 11.3. The highest BCUT2D eigenvalue weighted by Crippen LogP contribution is 2.50. The molecule has 0 saturated carbocycles. The van der Waals surface area contributed by atoms with Crippen LogP contribution >= 0.6 is 0 Å². The lowest BCUT2D eigenvalue weighted by atomic mass is 9.69. The maximum absolute atomic E-state index is 13.8. The van der Waals surface area contributed by atoms with Crippen LogP contribution in [0.15, 0.2) is 59.2 Å². The summed E-state index contributed by atoms with van der Waals surface area (Å²) in [6, 6.07) is 9.87. The molecule has 4 atom stereocenters. The molecule has 0 bridgehead atoms. The molecular weight excluding hydrogens is 519 g/mol. The summed E-state index contributed by atoms with van der Waals surface area (Å²) in [5, 5.41) is 20.8. The number of nitro benzene ring substituents is 1. The predicted molar refractivity (Wildman–Crippen MR) is 145 cm³/mol. The molecule has 9 nitrogen and oxygen atoms in total. The Morgan fingerprint density at radius 3 is 2.73 bits per heavy atom. The first-order valence-electron chi connectivity index (χ1n) is 13.4. The van der Waals surface area contributed by atoms with E-state index in [0.29, 0.717) is 38.0 Å². The third-order valence-electron chi connectivity index (χ3n) is 8.15. The SMILES string of the molecule is CC/C(=C\c1ccc(O)c(F)c1)CC[C@H]1OC[C@H]2C1=C(COC)C[C@H]1C(=O)N(c3cccc([N+](=O)[O-])c3)C(=O)[C@H]12. The van der Waals surface area contributed by atoms with E-state index in [1.807, 2.05) is 13.0 Å². The number of amides is 2. The van der Waals surface area contributed by atoms with E-state index >= 15 is 0 Å². The number of benzene rings is 2. The number of nitrogens with zero attached hydrogens (tertiary/aromatic N) is 2. The Balaban J connectivity index is 1.39. The van der Waals surface area contributed by atoms with Crippen molar-refractivity contribution in [1.29, 1.82) is 0 Å². The van der Waals surface area contributed by atoms with Gasteiger partial charge in [0.25, 0.3) is 5.69 Å². The molecule has 0 spiro atoms. The number of phenols is 1. The summed E-state index contributed by atoms with van der Waals surface area (Å²) in [5.74, 6) is -3.25. The number of anilines is 1. The molecule has 0 unspecified atom stereocenters. The van der Waals surface area contributed by atoms with Gasteiger partial charge in [0.1, 0.15) is 0 Å². The van der Waals surface area contributed by atoms with Gasteiger partial charge in [-0.05, 0) is 60.6 Å². The number of non-ortho nitro benzene ring substituents is 1. The third kappa shape index (κ3) is 5.04. The molecule has 2 fully saturated rings. The molecule has 210 valence electrons. The number of methoxy groups -OCH3 is 1. The lowest BCUT2D eigenvalue weighted by Crippen LogP contribution is -2.35. The van der Waals surface area contributed by atoms with Crippen LogP contribution in [0.5, 0.6) is 5.75 Å². The summed E-state index contributed by atoms with van der Waals surface area (Å²) in [5.41, 5.74) is 3.73. The second-order valence-corrected chi connectivity index (χ2v) is 10.5. The minimum atomic E-state index is -0.674. The maximum Gasteiger partial charge on any atom is 0.271 e. The van der Waals surface area contributed by atoms with Crippen molar-refractivity contribution in [2.24, 2.45) is 17.8 Å². The predicted octanol–water partition coefficient (Wildman–Crippen LogP) is 5.18. The van der Waals surface area contributed by atoms with Crippen LogP contribution in [0.2, 0.25) is 0 Å². The molecule has 2 aromatic rings. The van der Waals surface area contributed by atoms with Crippen LogP contribution in [0.1, 0.15) is 38.2 Å². The van der Waals surface area contributed by atoms with Gasteiger partial charge in [0, 0.05) is 25.2 Å². The number of fused-ring (bicyclic) bond motifs is 3. The molecule has 40 heavy (non-hydrogen) atoms. The van der Waals surface area contributed by atoms with Crippen LogP contribution in [0.25, 0.3) is 6.08 Å². The number of rotatable bonds is 9. The molecule has 2 saturated heterocycles. The van der Waals surface area contributed by atoms with E-state index in [2.05, 4.69) is 0 Å². The van der Waals surface area contributed by atoms with Gasteiger partial charge in [0.2, 0.25) is 11.8 Å². The lowest BCUT2D eigenvalue weighted by Gasteiger charge is -2.31. The second-order valence-electron chi connectivity index (χ2n) is 10.5. The number of phenolic OH excluding ortho intramolecular Hbond substituents is 1. The largest absolute Gasteiger partial charge is 0.505 e. The number of hydrogen-bond donors (Lipinski definition) is 1. The summed E-state index contributed by atoms with van der Waals surface area (Å²) >= 11 is 0. The lowest BCUT2D eigenvalue weighted by molar-refractivity contribution is -0.384. The molecular formula is C30H31FN2O7. The van der Waals surface area contributed by atoms with Crippen LogP contribution in [0.4, 0.5) is 15.8 Å². The average Bonchev–Trinajstić information content (AvgIpc) is 3.47. The minimum Gasteiger partial charge on any atom is -0.505 e. The highest BCUT2D eigenvalue weighted by molar-refractivity contribution is 6.22. The van der Waals surface area contributed by atoms with E-state index in [0.717, 1.165) is 28.0 Å². The van der Waals surface area contributed by atoms with Gasteiger partial charge in [0.05, 0.1) is 41.8 Å². The highest BCUT2D eigenvalue weighted by Gasteiger charge is 2.57. The van der Waals surface area contributed by atoms with Gasteiger partial charge in [-0.3, -0.25) is 19.7 Å². The quantitative estimate of drug-likeness (QED) is 0.198. The molecule has 2 aromatic carbocycles. The number of allylic oxidation sites excluding steroid dienone is 1. The smallest absolute Gasteiger partial charge is 0.271 e. The molecule has 1 N–H and O–H groups in total. The first kappa shape index (κ1) is 27.7. The van der Waals surface area contributed by atoms with E-state index in [-0.39, 0.29) is 35.2 Å². The summed E-state index contributed by atoms with van der Waals surface area (Å²) in [6.07, 6.45) is 4.10. The van der Waals surface area contributed by atoms with Crippen molar-refractivity contribution in [3.63, 3.8) is 0 Å². The summed E-state index contributed by atoms with van der Waals surface area (Å²) < 4.78 is 25.5. The van der Waals surface area contributed by atoms with Crippen molar-refractivity contribution < 1.29 is 33.5 Å². The summed E-state index contributed by atoms with van der Waals surface area (Å²) in [7, 11) is 1.59. The van der Waals surface area contributed by atoms with Gasteiger partial charge < -0.3 is 14.6 Å². The van der Waals surface area contributed by atoms with Crippen molar-refractivity contribution in [3.8, 4) is 5.75 Å². The third-order valence-corrected chi connectivity index (χ3v) is 8.15. The molecule has 1 aliphatic carbocycles. The first-order valence-corrected chi connectivity index (χ1v) is 13.4. The average molecular weight is 551 g/mol. The number of hydrogen-bond acceptors (Lipinski definition) is 7. The van der Waals surface area contributed by atoms with Crippen LogP contribution in [0.3, 0.4) is 0 Å². The molecule has 3 aliphatic rings. The van der Waals surface area contributed by atoms with Gasteiger partial charge >= 0.3 is 0 Å². The van der Waals surface area contributed by atoms with Crippen molar-refractivity contribution >= 4 is 29.3 Å². The molecule has 2 amide bonds. The number of carbonyl (C=O) groups is 2. The Kier molecular flexibility index (Phi) is 7.82. The molecule has 10 heteroatoms. The normalized spacial score (nSPS) is 24.5. The number of carbonyl (C=O) groups excluding carboxylic acids is 2. The number of halogens is 1. The van der Waals surface area contributed by atoms with E-state index in [9.17, 15) is 29.2 Å². The molecule has 0 aromatic heterocycles. The number of nitro groups is 1. The van der Waals surface area contributed by atoms with E-state index in [1.165, 1.54) is 36.4 Å². The van der Waals surface area contributed by atoms with Gasteiger partial charge in [-0.15, -0.1) is 0 Å². The van der Waals surface area contributed by atoms with Crippen molar-refractivity contribution in [2.75, 3.05) is 25.2 Å². The van der Waals surface area contributed by atoms with Crippen molar-refractivity contribution in [1.82, 2.24) is 0 Å². The number of aromatic hydroxyl groups is 1. The fourth-order valence-electron chi connectivity index (χ4n) is 6.30. The van der Waals surface area contributed by atoms with E-state index < -0.39 is 28.3 Å². The Labute approximate surface area is 231 Å². The Morgan fingerprint density at radius 1 is 1.23 bits per heavy atom. The van der Waals surface area contributed by atoms with Gasteiger partial charge in [-0.1, -0.05) is 30.7 Å². The van der Waals surface area contributed by atoms with Gasteiger partial charge in [-0.25, -0.2) is 9.29 Å². The van der Waals surface area contributed by atoms with Crippen molar-refractivity contribution in [2.45, 2.75) is 38.7 Å². The number of ether oxygens (including phenoxy) is 2. The molecule has 2 aliphatic heterocycles. The van der Waals surface area contributed by atoms with Crippen LogP contribution < -0.4 is 4.90 Å². The van der Waals surface area contributed by atoms with E-state index in [1.54, 1.807) is 13.2 Å². The molecule has 2 heterocycles. The van der Waals surface area contributed by atoms with Crippen LogP contribution in [-0.2, 0) is 19.1 Å². The number of imide groups is 1. The van der Waals surface area contributed by atoms with E-state index in [4.69, 9.17) is 9.47 Å². The Morgan fingerprint density at radius 2 is 2.02 bits per heavy atom. The Hall–Kier alpha value is -3.89.